The smallest absolute Gasteiger partial charge is 0.267 e. The maximum atomic E-state index is 13.2. The Morgan fingerprint density at radius 2 is 1.79 bits per heavy atom. The first-order valence-corrected chi connectivity index (χ1v) is 12.9. The molecule has 7 nitrogen and oxygen atoms in total. The predicted molar refractivity (Wildman–Crippen MR) is 127 cm³/mol. The van der Waals surface area contributed by atoms with Crippen molar-refractivity contribution in [3.63, 3.8) is 0 Å². The highest BCUT2D eigenvalue weighted by atomic mass is 16.6. The summed E-state index contributed by atoms with van der Waals surface area (Å²) in [5.41, 5.74) is 2.57. The molecule has 1 aromatic heterocycles. The van der Waals surface area contributed by atoms with Gasteiger partial charge in [0.2, 0.25) is 6.10 Å². The van der Waals surface area contributed by atoms with Crippen LogP contribution >= 0.6 is 0 Å². The summed E-state index contributed by atoms with van der Waals surface area (Å²) < 4.78 is 11.7. The molecule has 1 aromatic carbocycles. The monoisotopic (exact) mass is 460 g/mol. The maximum absolute atomic E-state index is 13.2. The number of hydrogen-bond donors (Lipinski definition) is 1. The molecule has 3 heterocycles. The van der Waals surface area contributed by atoms with Crippen molar-refractivity contribution in [2.75, 3.05) is 25.0 Å². The summed E-state index contributed by atoms with van der Waals surface area (Å²) in [6, 6.07) is 7.50. The normalized spacial score (nSPS) is 32.9. The van der Waals surface area contributed by atoms with Crippen LogP contribution in [0.15, 0.2) is 30.6 Å². The van der Waals surface area contributed by atoms with Crippen LogP contribution in [0.5, 0.6) is 11.5 Å². The second-order valence-corrected chi connectivity index (χ2v) is 11.3. The maximum Gasteiger partial charge on any atom is 0.267 e. The third kappa shape index (κ3) is 3.51. The van der Waals surface area contributed by atoms with Gasteiger partial charge in [-0.25, -0.2) is 9.97 Å². The number of benzene rings is 1. The van der Waals surface area contributed by atoms with Gasteiger partial charge in [-0.15, -0.1) is 0 Å². The Morgan fingerprint density at radius 1 is 1.06 bits per heavy atom. The quantitative estimate of drug-likeness (QED) is 0.747. The molecule has 0 saturated heterocycles. The van der Waals surface area contributed by atoms with Crippen LogP contribution in [0, 0.1) is 23.2 Å². The molecule has 7 heteroatoms. The van der Waals surface area contributed by atoms with E-state index in [1.165, 1.54) is 44.1 Å². The number of rotatable bonds is 4. The zero-order valence-corrected chi connectivity index (χ0v) is 19.5. The Bertz CT molecular complexity index is 1080. The van der Waals surface area contributed by atoms with Crippen molar-refractivity contribution < 1.29 is 14.3 Å². The number of carbonyl (C=O) groups is 1. The first kappa shape index (κ1) is 20.5. The van der Waals surface area contributed by atoms with Crippen LogP contribution in [-0.2, 0) is 17.8 Å². The molecule has 178 valence electrons. The predicted octanol–water partition coefficient (Wildman–Crippen LogP) is 3.83. The summed E-state index contributed by atoms with van der Waals surface area (Å²) in [4.78, 5) is 24.2. The number of nitrogens with zero attached hydrogens (tertiary/aromatic N) is 3. The minimum Gasteiger partial charge on any atom is -0.485 e. The third-order valence-corrected chi connectivity index (χ3v) is 8.90. The van der Waals surface area contributed by atoms with Crippen LogP contribution in [0.4, 0.5) is 5.82 Å². The Balaban J connectivity index is 1.03. The standard InChI is InChI=1S/C27H32N4O3/c32-26(24-14-33-22-3-1-2-4-23(22)34-24)31-6-5-20-21(13-31)29-16-30-25(20)28-15-27-10-17-7-18(11-27)9-19(8-17)12-27/h1-4,16-19,24H,5-15H2,(H,28,29,30). The molecule has 0 spiro atoms. The minimum atomic E-state index is -0.619. The summed E-state index contributed by atoms with van der Waals surface area (Å²) in [5, 5.41) is 3.75. The summed E-state index contributed by atoms with van der Waals surface area (Å²) in [5.74, 6) is 5.10. The molecule has 2 aromatic rings. The molecule has 4 saturated carbocycles. The molecule has 1 unspecified atom stereocenters. The van der Waals surface area contributed by atoms with Crippen LogP contribution in [0.3, 0.4) is 0 Å². The van der Waals surface area contributed by atoms with E-state index in [4.69, 9.17) is 9.47 Å². The molecule has 2 aliphatic heterocycles. The lowest BCUT2D eigenvalue weighted by atomic mass is 9.49. The summed E-state index contributed by atoms with van der Waals surface area (Å²) >= 11 is 0. The summed E-state index contributed by atoms with van der Waals surface area (Å²) in [7, 11) is 0. The lowest BCUT2D eigenvalue weighted by Gasteiger charge is -2.57. The van der Waals surface area contributed by atoms with Gasteiger partial charge in [-0.1, -0.05) is 12.1 Å². The lowest BCUT2D eigenvalue weighted by molar-refractivity contribution is -0.142. The lowest BCUT2D eigenvalue weighted by Crippen LogP contribution is -2.49. The summed E-state index contributed by atoms with van der Waals surface area (Å²) in [6.07, 6.45) is 10.3. The van der Waals surface area contributed by atoms with Gasteiger partial charge in [0.25, 0.3) is 5.91 Å². The van der Waals surface area contributed by atoms with Crippen LogP contribution in [-0.4, -0.2) is 46.6 Å². The van der Waals surface area contributed by atoms with Crippen molar-refractivity contribution in [1.82, 2.24) is 14.9 Å². The number of fused-ring (bicyclic) bond motifs is 2. The molecule has 4 fully saturated rings. The molecule has 0 radical (unpaired) electrons. The van der Waals surface area contributed by atoms with Crippen molar-refractivity contribution in [3.05, 3.63) is 41.9 Å². The molecule has 34 heavy (non-hydrogen) atoms. The topological polar surface area (TPSA) is 76.6 Å². The molecule has 8 rings (SSSR count). The van der Waals surface area contributed by atoms with Crippen LogP contribution < -0.4 is 14.8 Å². The van der Waals surface area contributed by atoms with E-state index in [1.807, 2.05) is 29.2 Å². The van der Waals surface area contributed by atoms with E-state index in [0.717, 1.165) is 42.2 Å². The first-order chi connectivity index (χ1) is 16.6. The fourth-order valence-electron chi connectivity index (χ4n) is 7.82. The van der Waals surface area contributed by atoms with E-state index in [9.17, 15) is 4.79 Å². The SMILES string of the molecule is O=C(C1COc2ccccc2O1)N1CCc2c(ncnc2NCC23CC4CC(CC(C4)C2)C3)C1. The van der Waals surface area contributed by atoms with Gasteiger partial charge in [-0.05, 0) is 80.2 Å². The fourth-order valence-corrected chi connectivity index (χ4v) is 7.82. The molecule has 1 atom stereocenters. The Labute approximate surface area is 200 Å². The van der Waals surface area contributed by atoms with E-state index in [0.29, 0.717) is 30.0 Å². The van der Waals surface area contributed by atoms with Gasteiger partial charge < -0.3 is 19.7 Å². The van der Waals surface area contributed by atoms with Gasteiger partial charge in [-0.3, -0.25) is 4.79 Å². The second-order valence-electron chi connectivity index (χ2n) is 11.3. The molecule has 1 N–H and O–H groups in total. The highest BCUT2D eigenvalue weighted by Crippen LogP contribution is 2.60. The Morgan fingerprint density at radius 3 is 2.56 bits per heavy atom. The van der Waals surface area contributed by atoms with E-state index in [2.05, 4.69) is 15.3 Å². The number of amides is 1. The number of anilines is 1. The van der Waals surface area contributed by atoms with Crippen molar-refractivity contribution in [2.45, 2.75) is 57.6 Å². The molecular formula is C27H32N4O3. The van der Waals surface area contributed by atoms with E-state index >= 15 is 0 Å². The fraction of sp³-hybridized carbons (Fsp3) is 0.593. The minimum absolute atomic E-state index is 0.0400. The van der Waals surface area contributed by atoms with Gasteiger partial charge >= 0.3 is 0 Å². The van der Waals surface area contributed by atoms with Crippen molar-refractivity contribution in [2.24, 2.45) is 23.2 Å². The number of para-hydroxylation sites is 2. The highest BCUT2D eigenvalue weighted by molar-refractivity contribution is 5.82. The van der Waals surface area contributed by atoms with Gasteiger partial charge in [-0.2, -0.15) is 0 Å². The van der Waals surface area contributed by atoms with Crippen LogP contribution in [0.1, 0.15) is 49.8 Å². The largest absolute Gasteiger partial charge is 0.485 e. The second kappa shape index (κ2) is 7.85. The van der Waals surface area contributed by atoms with Crippen LogP contribution in [0.25, 0.3) is 0 Å². The third-order valence-electron chi connectivity index (χ3n) is 8.90. The van der Waals surface area contributed by atoms with Gasteiger partial charge in [0.15, 0.2) is 11.5 Å². The van der Waals surface area contributed by atoms with E-state index in [-0.39, 0.29) is 12.5 Å². The summed E-state index contributed by atoms with van der Waals surface area (Å²) in [6.45, 7) is 2.40. The van der Waals surface area contributed by atoms with E-state index in [1.54, 1.807) is 6.33 Å². The molecule has 4 bridgehead atoms. The number of ether oxygens (including phenoxy) is 2. The van der Waals surface area contributed by atoms with Crippen molar-refractivity contribution in [3.8, 4) is 11.5 Å². The number of nitrogens with one attached hydrogen (secondary N) is 1. The number of carbonyl (C=O) groups excluding carboxylic acids is 1. The number of aromatic nitrogens is 2. The Hall–Kier alpha value is -2.83. The molecule has 4 aliphatic carbocycles. The van der Waals surface area contributed by atoms with Gasteiger partial charge in [0.05, 0.1) is 12.2 Å². The average molecular weight is 461 g/mol. The Kier molecular flexibility index (Phi) is 4.74. The van der Waals surface area contributed by atoms with Crippen LogP contribution in [0.2, 0.25) is 0 Å². The van der Waals surface area contributed by atoms with E-state index < -0.39 is 6.10 Å². The van der Waals surface area contributed by atoms with Crippen molar-refractivity contribution >= 4 is 11.7 Å². The van der Waals surface area contributed by atoms with Gasteiger partial charge in [0, 0.05) is 18.7 Å². The molecular weight excluding hydrogens is 428 g/mol. The zero-order chi connectivity index (χ0) is 22.7. The zero-order valence-electron chi connectivity index (χ0n) is 19.5. The molecule has 1 amide bonds. The number of hydrogen-bond acceptors (Lipinski definition) is 6. The average Bonchev–Trinajstić information content (AvgIpc) is 2.85. The molecule has 6 aliphatic rings. The highest BCUT2D eigenvalue weighted by Gasteiger charge is 2.50. The first-order valence-electron chi connectivity index (χ1n) is 12.9. The van der Waals surface area contributed by atoms with Crippen molar-refractivity contribution in [1.29, 1.82) is 0 Å². The van der Waals surface area contributed by atoms with Gasteiger partial charge in [0.1, 0.15) is 18.8 Å².